The number of benzene rings is 2. The molecule has 2 aromatic rings. The maximum absolute atomic E-state index is 11.8. The van der Waals surface area contributed by atoms with Crippen LogP contribution in [0.4, 0.5) is 0 Å². The summed E-state index contributed by atoms with van der Waals surface area (Å²) in [7, 11) is 0. The van der Waals surface area contributed by atoms with E-state index in [1.54, 1.807) is 37.3 Å². The zero-order valence-corrected chi connectivity index (χ0v) is 17.4. The van der Waals surface area contributed by atoms with Crippen LogP contribution >= 0.6 is 34.8 Å². The summed E-state index contributed by atoms with van der Waals surface area (Å²) < 4.78 is 16.4. The van der Waals surface area contributed by atoms with Crippen molar-refractivity contribution >= 4 is 40.8 Å². The van der Waals surface area contributed by atoms with E-state index in [2.05, 4.69) is 0 Å². The molecule has 0 saturated heterocycles. The van der Waals surface area contributed by atoms with Crippen LogP contribution in [0.3, 0.4) is 0 Å². The van der Waals surface area contributed by atoms with Gasteiger partial charge in [0.2, 0.25) is 0 Å². The molecule has 1 atom stereocenters. The second-order valence-corrected chi connectivity index (χ2v) is 6.90. The van der Waals surface area contributed by atoms with Crippen LogP contribution in [-0.2, 0) is 20.9 Å². The van der Waals surface area contributed by atoms with Gasteiger partial charge in [-0.15, -0.1) is 0 Å². The topological polar surface area (TPSA) is 44.8 Å². The molecule has 0 radical (unpaired) electrons. The molecule has 0 aliphatic heterocycles. The molecule has 0 bridgehead atoms. The summed E-state index contributed by atoms with van der Waals surface area (Å²) in [5.41, 5.74) is 1.60. The average molecular weight is 432 g/mol. The van der Waals surface area contributed by atoms with Crippen molar-refractivity contribution in [2.45, 2.75) is 33.0 Å². The Balaban J connectivity index is 2.08. The maximum atomic E-state index is 11.8. The molecule has 27 heavy (non-hydrogen) atoms. The molecule has 0 N–H and O–H groups in total. The minimum atomic E-state index is -0.467. The van der Waals surface area contributed by atoms with Crippen molar-refractivity contribution in [1.82, 2.24) is 0 Å². The van der Waals surface area contributed by atoms with Crippen LogP contribution in [0.1, 0.15) is 37.5 Å². The van der Waals surface area contributed by atoms with Crippen LogP contribution in [0.25, 0.3) is 0 Å². The summed E-state index contributed by atoms with van der Waals surface area (Å²) in [6.45, 7) is 4.73. The zero-order valence-electron chi connectivity index (χ0n) is 15.1. The Bertz CT molecular complexity index is 780. The normalized spacial score (nSPS) is 11.9. The van der Waals surface area contributed by atoms with Gasteiger partial charge in [-0.05, 0) is 43.7 Å². The minimum Gasteiger partial charge on any atom is -0.489 e. The number of hydrogen-bond acceptors (Lipinski definition) is 4. The van der Waals surface area contributed by atoms with Gasteiger partial charge < -0.3 is 14.2 Å². The third-order valence-corrected chi connectivity index (χ3v) is 4.80. The average Bonchev–Trinajstić information content (AvgIpc) is 2.63. The highest BCUT2D eigenvalue weighted by Gasteiger charge is 2.20. The Kier molecular flexibility index (Phi) is 8.71. The van der Waals surface area contributed by atoms with Gasteiger partial charge in [0.15, 0.2) is 0 Å². The first-order valence-corrected chi connectivity index (χ1v) is 9.71. The lowest BCUT2D eigenvalue weighted by Gasteiger charge is -2.18. The molecule has 0 aromatic heterocycles. The fourth-order valence-corrected chi connectivity index (χ4v) is 3.10. The SMILES string of the molecule is CCOC(=O)CC(OCC)c1ccc(OCc2ccc(Cl)c(Cl)c2)cc1Cl. The van der Waals surface area contributed by atoms with Crippen molar-refractivity contribution in [2.75, 3.05) is 13.2 Å². The van der Waals surface area contributed by atoms with Gasteiger partial charge in [-0.1, -0.05) is 46.9 Å². The van der Waals surface area contributed by atoms with Crippen molar-refractivity contribution in [3.8, 4) is 5.75 Å². The molecule has 1 unspecified atom stereocenters. The summed E-state index contributed by atoms with van der Waals surface area (Å²) in [6, 6.07) is 10.6. The molecule has 0 aliphatic rings. The van der Waals surface area contributed by atoms with E-state index in [0.29, 0.717) is 46.2 Å². The van der Waals surface area contributed by atoms with Gasteiger partial charge in [-0.2, -0.15) is 0 Å². The zero-order chi connectivity index (χ0) is 19.8. The Morgan fingerprint density at radius 3 is 2.37 bits per heavy atom. The largest absolute Gasteiger partial charge is 0.489 e. The van der Waals surface area contributed by atoms with Crippen LogP contribution in [-0.4, -0.2) is 19.2 Å². The number of hydrogen-bond donors (Lipinski definition) is 0. The second-order valence-electron chi connectivity index (χ2n) is 5.67. The number of carbonyl (C=O) groups excluding carboxylic acids is 1. The summed E-state index contributed by atoms with van der Waals surface area (Å²) in [4.78, 5) is 11.8. The van der Waals surface area contributed by atoms with Crippen LogP contribution in [0.2, 0.25) is 15.1 Å². The monoisotopic (exact) mass is 430 g/mol. The first kappa shape index (κ1) is 21.8. The molecule has 0 fully saturated rings. The van der Waals surface area contributed by atoms with E-state index in [1.165, 1.54) is 0 Å². The molecule has 0 saturated carbocycles. The quantitative estimate of drug-likeness (QED) is 0.440. The number of ether oxygens (including phenoxy) is 3. The fourth-order valence-electron chi connectivity index (χ4n) is 2.49. The first-order valence-electron chi connectivity index (χ1n) is 8.58. The molecule has 0 aliphatic carbocycles. The highest BCUT2D eigenvalue weighted by Crippen LogP contribution is 2.32. The Labute approximate surface area is 174 Å². The standard InChI is InChI=1S/C20H21Cl3O4/c1-3-25-19(11-20(24)26-4-2)15-7-6-14(10-17(15)22)27-12-13-5-8-16(21)18(23)9-13/h5-10,19H,3-4,11-12H2,1-2H3. The molecule has 0 heterocycles. The van der Waals surface area contributed by atoms with E-state index >= 15 is 0 Å². The van der Waals surface area contributed by atoms with Gasteiger partial charge in [0, 0.05) is 12.2 Å². The third kappa shape index (κ3) is 6.58. The van der Waals surface area contributed by atoms with Crippen molar-refractivity contribution in [3.63, 3.8) is 0 Å². The molecule has 2 aromatic carbocycles. The second kappa shape index (κ2) is 10.8. The van der Waals surface area contributed by atoms with Gasteiger partial charge in [0.1, 0.15) is 12.4 Å². The molecule has 4 nitrogen and oxygen atoms in total. The highest BCUT2D eigenvalue weighted by atomic mass is 35.5. The Morgan fingerprint density at radius 2 is 1.74 bits per heavy atom. The van der Waals surface area contributed by atoms with Crippen LogP contribution < -0.4 is 4.74 Å². The molecule has 7 heteroatoms. The summed E-state index contributed by atoms with van der Waals surface area (Å²) in [5.74, 6) is 0.271. The first-order chi connectivity index (χ1) is 12.9. The Hall–Kier alpha value is -1.46. The summed E-state index contributed by atoms with van der Waals surface area (Å²) >= 11 is 18.3. The van der Waals surface area contributed by atoms with Gasteiger partial charge in [-0.25, -0.2) is 0 Å². The van der Waals surface area contributed by atoms with Gasteiger partial charge in [0.25, 0.3) is 0 Å². The van der Waals surface area contributed by atoms with E-state index in [-0.39, 0.29) is 12.4 Å². The minimum absolute atomic E-state index is 0.102. The van der Waals surface area contributed by atoms with Gasteiger partial charge in [-0.3, -0.25) is 4.79 Å². The fraction of sp³-hybridized carbons (Fsp3) is 0.350. The molecule has 146 valence electrons. The van der Waals surface area contributed by atoms with E-state index < -0.39 is 6.10 Å². The summed E-state index contributed by atoms with van der Waals surface area (Å²) in [6.07, 6.45) is -0.365. The number of halogens is 3. The van der Waals surface area contributed by atoms with Crippen LogP contribution in [0.5, 0.6) is 5.75 Å². The highest BCUT2D eigenvalue weighted by molar-refractivity contribution is 6.42. The van der Waals surface area contributed by atoms with E-state index in [9.17, 15) is 4.79 Å². The molecule has 0 amide bonds. The molecular weight excluding hydrogens is 411 g/mol. The van der Waals surface area contributed by atoms with Crippen molar-refractivity contribution in [1.29, 1.82) is 0 Å². The smallest absolute Gasteiger partial charge is 0.308 e. The lowest BCUT2D eigenvalue weighted by molar-refractivity contribution is -0.146. The predicted molar refractivity (Wildman–Crippen MR) is 108 cm³/mol. The predicted octanol–water partition coefficient (Wildman–Crippen LogP) is 6.26. The van der Waals surface area contributed by atoms with Gasteiger partial charge in [0.05, 0.1) is 34.2 Å². The molecule has 0 spiro atoms. The number of esters is 1. The van der Waals surface area contributed by atoms with E-state index in [4.69, 9.17) is 49.0 Å². The maximum Gasteiger partial charge on any atom is 0.308 e. The lowest BCUT2D eigenvalue weighted by Crippen LogP contribution is -2.13. The Morgan fingerprint density at radius 1 is 0.963 bits per heavy atom. The van der Waals surface area contributed by atoms with E-state index in [1.807, 2.05) is 13.0 Å². The van der Waals surface area contributed by atoms with Gasteiger partial charge >= 0.3 is 5.97 Å². The van der Waals surface area contributed by atoms with Crippen LogP contribution in [0.15, 0.2) is 36.4 Å². The van der Waals surface area contributed by atoms with Crippen molar-refractivity contribution in [3.05, 3.63) is 62.6 Å². The summed E-state index contributed by atoms with van der Waals surface area (Å²) in [5, 5.41) is 1.44. The molecule has 2 rings (SSSR count). The molecular formula is C20H21Cl3O4. The van der Waals surface area contributed by atoms with E-state index in [0.717, 1.165) is 5.56 Å². The van der Waals surface area contributed by atoms with Crippen molar-refractivity contribution in [2.24, 2.45) is 0 Å². The number of rotatable bonds is 9. The third-order valence-electron chi connectivity index (χ3n) is 3.73. The lowest BCUT2D eigenvalue weighted by atomic mass is 10.1. The van der Waals surface area contributed by atoms with Crippen LogP contribution in [0, 0.1) is 0 Å². The number of carbonyl (C=O) groups is 1. The van der Waals surface area contributed by atoms with Crippen molar-refractivity contribution < 1.29 is 19.0 Å².